The van der Waals surface area contributed by atoms with Crippen LogP contribution in [0.4, 0.5) is 5.82 Å². The number of rotatable bonds is 3. The van der Waals surface area contributed by atoms with Crippen LogP contribution >= 0.6 is 11.6 Å². The van der Waals surface area contributed by atoms with E-state index in [0.29, 0.717) is 24.5 Å². The van der Waals surface area contributed by atoms with E-state index in [0.717, 1.165) is 0 Å². The highest BCUT2D eigenvalue weighted by Gasteiger charge is 2.35. The van der Waals surface area contributed by atoms with Crippen molar-refractivity contribution in [2.45, 2.75) is 25.6 Å². The second-order valence-corrected chi connectivity index (χ2v) is 5.96. The Bertz CT molecular complexity index is 538. The van der Waals surface area contributed by atoms with Gasteiger partial charge in [0.2, 0.25) is 0 Å². The fraction of sp³-hybridized carbons (Fsp3) is 0.538. The molecule has 0 radical (unpaired) electrons. The first-order valence-corrected chi connectivity index (χ1v) is 6.94. The largest absolute Gasteiger partial charge is 0.394 e. The highest BCUT2D eigenvalue weighted by molar-refractivity contribution is 6.29. The van der Waals surface area contributed by atoms with Crippen LogP contribution in [0.15, 0.2) is 12.1 Å². The molecule has 7 nitrogen and oxygen atoms in total. The standard InChI is InChI=1S/C13H19ClN4O3/c1-13(2)7-18(5-9(6-19)21-13)12(20)8-3-10(14)16-11(4-8)17-15/h3-4,9,19H,5-7,15H2,1-2H3,(H,16,17). The summed E-state index contributed by atoms with van der Waals surface area (Å²) < 4.78 is 5.69. The first-order valence-electron chi connectivity index (χ1n) is 6.57. The van der Waals surface area contributed by atoms with Gasteiger partial charge in [0.15, 0.2) is 0 Å². The minimum atomic E-state index is -0.521. The Kier molecular flexibility index (Phi) is 4.67. The molecule has 8 heteroatoms. The molecule has 116 valence electrons. The molecule has 1 aromatic heterocycles. The molecule has 0 bridgehead atoms. The predicted octanol–water partition coefficient (Wildman–Crippen LogP) is 0.632. The molecule has 0 aliphatic carbocycles. The summed E-state index contributed by atoms with van der Waals surface area (Å²) in [7, 11) is 0. The summed E-state index contributed by atoms with van der Waals surface area (Å²) in [6.07, 6.45) is -0.401. The Morgan fingerprint density at radius 1 is 1.67 bits per heavy atom. The van der Waals surface area contributed by atoms with Crippen LogP contribution in [0.25, 0.3) is 0 Å². The Hall–Kier alpha value is -1.41. The number of aromatic nitrogens is 1. The SMILES string of the molecule is CC1(C)CN(C(=O)c2cc(Cl)nc(NN)c2)CC(CO)O1. The predicted molar refractivity (Wildman–Crippen MR) is 79.0 cm³/mol. The Labute approximate surface area is 128 Å². The number of halogens is 1. The fourth-order valence-electron chi connectivity index (χ4n) is 2.42. The zero-order valence-electron chi connectivity index (χ0n) is 12.0. The summed E-state index contributed by atoms with van der Waals surface area (Å²) in [5, 5.41) is 9.48. The van der Waals surface area contributed by atoms with Crippen LogP contribution in [0.1, 0.15) is 24.2 Å². The van der Waals surface area contributed by atoms with Crippen molar-refractivity contribution in [2.24, 2.45) is 5.84 Å². The molecule has 0 aromatic carbocycles. The van der Waals surface area contributed by atoms with Gasteiger partial charge in [-0.05, 0) is 26.0 Å². The van der Waals surface area contributed by atoms with Crippen LogP contribution in [0, 0.1) is 0 Å². The maximum atomic E-state index is 12.6. The summed E-state index contributed by atoms with van der Waals surface area (Å²) >= 11 is 5.88. The first kappa shape index (κ1) is 16.0. The van der Waals surface area contributed by atoms with Crippen molar-refractivity contribution in [1.29, 1.82) is 0 Å². The number of anilines is 1. The molecule has 1 unspecified atom stereocenters. The molecule has 1 atom stereocenters. The first-order chi connectivity index (χ1) is 9.84. The summed E-state index contributed by atoms with van der Waals surface area (Å²) in [5.41, 5.74) is 2.24. The summed E-state index contributed by atoms with van der Waals surface area (Å²) in [6, 6.07) is 3.02. The Morgan fingerprint density at radius 2 is 2.38 bits per heavy atom. The van der Waals surface area contributed by atoms with Crippen LogP contribution in [-0.4, -0.2) is 52.3 Å². The number of hydrazine groups is 1. The van der Waals surface area contributed by atoms with Gasteiger partial charge >= 0.3 is 0 Å². The number of ether oxygens (including phenoxy) is 1. The third kappa shape index (κ3) is 3.82. The normalized spacial score (nSPS) is 21.2. The number of nitrogens with one attached hydrogen (secondary N) is 1. The van der Waals surface area contributed by atoms with Gasteiger partial charge in [-0.25, -0.2) is 10.8 Å². The van der Waals surface area contributed by atoms with Crippen molar-refractivity contribution in [1.82, 2.24) is 9.88 Å². The van der Waals surface area contributed by atoms with Gasteiger partial charge in [-0.1, -0.05) is 11.6 Å². The minimum absolute atomic E-state index is 0.139. The molecule has 1 aliphatic heterocycles. The number of aliphatic hydroxyl groups excluding tert-OH is 1. The number of nitrogens with two attached hydrogens (primary N) is 1. The maximum absolute atomic E-state index is 12.6. The molecular formula is C13H19ClN4O3. The average Bonchev–Trinajstić information content (AvgIpc) is 2.43. The summed E-state index contributed by atoms with van der Waals surface area (Å²) in [5.74, 6) is 5.42. The van der Waals surface area contributed by atoms with Gasteiger partial charge in [-0.15, -0.1) is 0 Å². The number of morpholine rings is 1. The Balaban J connectivity index is 2.24. The van der Waals surface area contributed by atoms with E-state index < -0.39 is 11.7 Å². The van der Waals surface area contributed by atoms with E-state index in [2.05, 4.69) is 10.4 Å². The number of hydrogen-bond donors (Lipinski definition) is 3. The monoisotopic (exact) mass is 314 g/mol. The van der Waals surface area contributed by atoms with Crippen molar-refractivity contribution >= 4 is 23.3 Å². The lowest BCUT2D eigenvalue weighted by Crippen LogP contribution is -2.55. The number of amides is 1. The second-order valence-electron chi connectivity index (χ2n) is 5.58. The van der Waals surface area contributed by atoms with Crippen LogP contribution in [0.3, 0.4) is 0 Å². The van der Waals surface area contributed by atoms with Gasteiger partial charge in [0.05, 0.1) is 18.3 Å². The van der Waals surface area contributed by atoms with Gasteiger partial charge in [-0.2, -0.15) is 0 Å². The van der Waals surface area contributed by atoms with E-state index in [9.17, 15) is 9.90 Å². The average molecular weight is 315 g/mol. The third-order valence-electron chi connectivity index (χ3n) is 3.16. The van der Waals surface area contributed by atoms with Gasteiger partial charge in [-0.3, -0.25) is 4.79 Å². The van der Waals surface area contributed by atoms with Crippen LogP contribution in [0.2, 0.25) is 5.15 Å². The van der Waals surface area contributed by atoms with Gasteiger partial charge in [0.1, 0.15) is 11.0 Å². The van der Waals surface area contributed by atoms with Crippen molar-refractivity contribution < 1.29 is 14.6 Å². The van der Waals surface area contributed by atoms with Gasteiger partial charge in [0.25, 0.3) is 5.91 Å². The molecule has 1 fully saturated rings. The molecule has 1 aliphatic rings. The lowest BCUT2D eigenvalue weighted by atomic mass is 10.0. The maximum Gasteiger partial charge on any atom is 0.254 e. The zero-order chi connectivity index (χ0) is 15.6. The summed E-state index contributed by atoms with van der Waals surface area (Å²) in [6.45, 7) is 4.36. The van der Waals surface area contributed by atoms with E-state index in [1.54, 1.807) is 4.90 Å². The lowest BCUT2D eigenvalue weighted by molar-refractivity contribution is -0.139. The molecule has 1 aromatic rings. The van der Waals surface area contributed by atoms with Gasteiger partial charge in [0, 0.05) is 18.7 Å². The number of nitrogens with zero attached hydrogens (tertiary/aromatic N) is 2. The third-order valence-corrected chi connectivity index (χ3v) is 3.35. The number of aliphatic hydroxyl groups is 1. The molecular weight excluding hydrogens is 296 g/mol. The quantitative estimate of drug-likeness (QED) is 0.430. The van der Waals surface area contributed by atoms with Crippen molar-refractivity contribution in [3.05, 3.63) is 22.8 Å². The number of carbonyl (C=O) groups excluding carboxylic acids is 1. The van der Waals surface area contributed by atoms with Crippen molar-refractivity contribution in [3.63, 3.8) is 0 Å². The number of hydrogen-bond acceptors (Lipinski definition) is 6. The van der Waals surface area contributed by atoms with Crippen LogP contribution < -0.4 is 11.3 Å². The topological polar surface area (TPSA) is 101 Å². The molecule has 0 spiro atoms. The van der Waals surface area contributed by atoms with E-state index >= 15 is 0 Å². The van der Waals surface area contributed by atoms with E-state index in [1.165, 1.54) is 12.1 Å². The molecule has 2 rings (SSSR count). The van der Waals surface area contributed by atoms with Gasteiger partial charge < -0.3 is 20.2 Å². The molecule has 1 saturated heterocycles. The van der Waals surface area contributed by atoms with E-state index in [1.807, 2.05) is 13.8 Å². The number of pyridine rings is 1. The minimum Gasteiger partial charge on any atom is -0.394 e. The molecule has 21 heavy (non-hydrogen) atoms. The lowest BCUT2D eigenvalue weighted by Gasteiger charge is -2.42. The second kappa shape index (κ2) is 6.15. The van der Waals surface area contributed by atoms with E-state index in [4.69, 9.17) is 22.2 Å². The molecule has 4 N–H and O–H groups in total. The molecule has 2 heterocycles. The van der Waals surface area contributed by atoms with Crippen molar-refractivity contribution in [2.75, 3.05) is 25.1 Å². The highest BCUT2D eigenvalue weighted by Crippen LogP contribution is 2.23. The number of carbonyl (C=O) groups is 1. The highest BCUT2D eigenvalue weighted by atomic mass is 35.5. The summed E-state index contributed by atoms with van der Waals surface area (Å²) in [4.78, 5) is 18.2. The van der Waals surface area contributed by atoms with Crippen molar-refractivity contribution in [3.8, 4) is 0 Å². The van der Waals surface area contributed by atoms with Crippen LogP contribution in [-0.2, 0) is 4.74 Å². The number of nitrogen functional groups attached to an aromatic ring is 1. The zero-order valence-corrected chi connectivity index (χ0v) is 12.7. The fourth-order valence-corrected chi connectivity index (χ4v) is 2.63. The van der Waals surface area contributed by atoms with Crippen LogP contribution in [0.5, 0.6) is 0 Å². The molecule has 0 saturated carbocycles. The molecule has 1 amide bonds. The van der Waals surface area contributed by atoms with E-state index in [-0.39, 0.29) is 17.7 Å². The smallest absolute Gasteiger partial charge is 0.254 e. The Morgan fingerprint density at radius 3 is 3.00 bits per heavy atom.